The first kappa shape index (κ1) is 19.0. The quantitative estimate of drug-likeness (QED) is 0.517. The van der Waals surface area contributed by atoms with Gasteiger partial charge in [-0.2, -0.15) is 13.2 Å². The molecule has 0 saturated carbocycles. The van der Waals surface area contributed by atoms with Crippen molar-refractivity contribution in [2.24, 2.45) is 0 Å². The Morgan fingerprint density at radius 3 is 2.38 bits per heavy atom. The van der Waals surface area contributed by atoms with Crippen LogP contribution in [0.5, 0.6) is 0 Å². The predicted octanol–water partition coefficient (Wildman–Crippen LogP) is 4.85. The molecular weight excluding hydrogens is 403 g/mol. The molecule has 5 nitrogen and oxygen atoms in total. The van der Waals surface area contributed by atoms with E-state index in [-0.39, 0.29) is 4.90 Å². The summed E-state index contributed by atoms with van der Waals surface area (Å²) in [6, 6.07) is 13.9. The molecule has 4 rings (SSSR count). The summed E-state index contributed by atoms with van der Waals surface area (Å²) in [7, 11) is -4.02. The lowest BCUT2D eigenvalue weighted by molar-refractivity contribution is -0.137. The van der Waals surface area contributed by atoms with Crippen LogP contribution in [0.3, 0.4) is 0 Å². The van der Waals surface area contributed by atoms with E-state index in [4.69, 9.17) is 0 Å². The minimum Gasteiger partial charge on any atom is -0.315 e. The number of sulfonamides is 1. The lowest BCUT2D eigenvalue weighted by atomic mass is 10.2. The van der Waals surface area contributed by atoms with Crippen molar-refractivity contribution < 1.29 is 21.6 Å². The fourth-order valence-electron chi connectivity index (χ4n) is 2.96. The molecule has 9 heteroatoms. The summed E-state index contributed by atoms with van der Waals surface area (Å²) in [4.78, 5) is 3.83. The van der Waals surface area contributed by atoms with E-state index >= 15 is 0 Å². The van der Waals surface area contributed by atoms with Gasteiger partial charge in [-0.15, -0.1) is 0 Å². The van der Waals surface area contributed by atoms with Crippen molar-refractivity contribution in [1.82, 2.24) is 9.55 Å². The lowest BCUT2D eigenvalue weighted by Gasteiger charge is -2.11. The van der Waals surface area contributed by atoms with Crippen molar-refractivity contribution in [3.63, 3.8) is 0 Å². The number of nitrogens with zero attached hydrogens (tertiary/aromatic N) is 2. The Balaban J connectivity index is 1.62. The van der Waals surface area contributed by atoms with Crippen LogP contribution in [0.4, 0.5) is 18.9 Å². The van der Waals surface area contributed by atoms with Gasteiger partial charge in [0.15, 0.2) is 0 Å². The van der Waals surface area contributed by atoms with Crippen molar-refractivity contribution in [2.45, 2.75) is 11.1 Å². The number of hydrogen-bond acceptors (Lipinski definition) is 3. The fourth-order valence-corrected chi connectivity index (χ4v) is 4.01. The second kappa shape index (κ2) is 6.93. The first-order chi connectivity index (χ1) is 13.7. The highest BCUT2D eigenvalue weighted by Crippen LogP contribution is 2.30. The van der Waals surface area contributed by atoms with Crippen LogP contribution >= 0.6 is 0 Å². The molecule has 0 aliphatic carbocycles. The highest BCUT2D eigenvalue weighted by Gasteiger charge is 2.30. The van der Waals surface area contributed by atoms with Gasteiger partial charge in [-0.1, -0.05) is 0 Å². The van der Waals surface area contributed by atoms with Gasteiger partial charge < -0.3 is 4.57 Å². The summed E-state index contributed by atoms with van der Waals surface area (Å²) in [6.45, 7) is 0. The molecule has 148 valence electrons. The van der Waals surface area contributed by atoms with Crippen LogP contribution in [0, 0.1) is 0 Å². The molecule has 0 unspecified atom stereocenters. The molecule has 0 radical (unpaired) electrons. The first-order valence-electron chi connectivity index (χ1n) is 8.46. The molecule has 0 bridgehead atoms. The monoisotopic (exact) mass is 417 g/mol. The van der Waals surface area contributed by atoms with E-state index in [1.165, 1.54) is 0 Å². The molecule has 0 aliphatic rings. The number of pyridine rings is 1. The Labute approximate surface area is 164 Å². The fraction of sp³-hybridized carbons (Fsp3) is 0.0500. The molecule has 1 N–H and O–H groups in total. The number of alkyl halides is 3. The summed E-state index contributed by atoms with van der Waals surface area (Å²) in [5.41, 5.74) is 1.12. The average Bonchev–Trinajstić information content (AvgIpc) is 3.11. The number of fused-ring (bicyclic) bond motifs is 1. The van der Waals surface area contributed by atoms with Crippen molar-refractivity contribution in [3.8, 4) is 5.69 Å². The topological polar surface area (TPSA) is 64.0 Å². The van der Waals surface area contributed by atoms with Crippen LogP contribution < -0.4 is 4.72 Å². The summed E-state index contributed by atoms with van der Waals surface area (Å²) in [5, 5.41) is 0.793. The Hall–Kier alpha value is -3.33. The molecule has 2 heterocycles. The van der Waals surface area contributed by atoms with Gasteiger partial charge in [-0.25, -0.2) is 8.42 Å². The van der Waals surface area contributed by atoms with E-state index in [1.54, 1.807) is 30.6 Å². The van der Waals surface area contributed by atoms with Crippen molar-refractivity contribution >= 4 is 26.6 Å². The van der Waals surface area contributed by atoms with E-state index in [1.807, 2.05) is 29.0 Å². The lowest BCUT2D eigenvalue weighted by Crippen LogP contribution is -2.13. The van der Waals surface area contributed by atoms with Gasteiger partial charge >= 0.3 is 6.18 Å². The highest BCUT2D eigenvalue weighted by atomic mass is 32.2. The largest absolute Gasteiger partial charge is 0.416 e. The Bertz CT molecular complexity index is 1270. The summed E-state index contributed by atoms with van der Waals surface area (Å²) < 4.78 is 67.4. The predicted molar refractivity (Wildman–Crippen MR) is 103 cm³/mol. The van der Waals surface area contributed by atoms with Gasteiger partial charge in [0.05, 0.1) is 27.9 Å². The summed E-state index contributed by atoms with van der Waals surface area (Å²) >= 11 is 0. The van der Waals surface area contributed by atoms with E-state index in [0.717, 1.165) is 40.9 Å². The SMILES string of the molecule is O=S(=O)(Nc1ccc2c(ccn2-c2cccnc2)c1)c1ccc(C(F)(F)F)cc1. The number of benzene rings is 2. The van der Waals surface area contributed by atoms with Gasteiger partial charge in [0, 0.05) is 23.5 Å². The zero-order valence-electron chi connectivity index (χ0n) is 14.8. The van der Waals surface area contributed by atoms with Crippen molar-refractivity contribution in [3.05, 3.63) is 84.8 Å². The maximum Gasteiger partial charge on any atom is 0.416 e. The maximum absolute atomic E-state index is 12.7. The third kappa shape index (κ3) is 3.81. The number of anilines is 1. The summed E-state index contributed by atoms with van der Waals surface area (Å²) in [6.07, 6.45) is 0.696. The zero-order chi connectivity index (χ0) is 20.6. The van der Waals surface area contributed by atoms with E-state index in [2.05, 4.69) is 9.71 Å². The van der Waals surface area contributed by atoms with Gasteiger partial charge in [0.25, 0.3) is 10.0 Å². The standard InChI is InChI=1S/C20H14F3N3O2S/c21-20(22,23)15-3-6-18(7-4-15)29(27,28)25-16-5-8-19-14(12-16)9-11-26(19)17-2-1-10-24-13-17/h1-13,25H. The van der Waals surface area contributed by atoms with E-state index in [0.29, 0.717) is 5.69 Å². The first-order valence-corrected chi connectivity index (χ1v) is 9.94. The van der Waals surface area contributed by atoms with Crippen LogP contribution in [0.1, 0.15) is 5.56 Å². The summed E-state index contributed by atoms with van der Waals surface area (Å²) in [5.74, 6) is 0. The van der Waals surface area contributed by atoms with Gasteiger partial charge in [-0.3, -0.25) is 9.71 Å². The molecule has 4 aromatic rings. The number of nitrogens with one attached hydrogen (secondary N) is 1. The number of halogens is 3. The van der Waals surface area contributed by atoms with E-state index < -0.39 is 21.8 Å². The minimum absolute atomic E-state index is 0.251. The van der Waals surface area contributed by atoms with Crippen LogP contribution in [0.15, 0.2) is 84.1 Å². The van der Waals surface area contributed by atoms with E-state index in [9.17, 15) is 21.6 Å². The van der Waals surface area contributed by atoms with Gasteiger partial charge in [0.1, 0.15) is 0 Å². The zero-order valence-corrected chi connectivity index (χ0v) is 15.6. The minimum atomic E-state index is -4.53. The highest BCUT2D eigenvalue weighted by molar-refractivity contribution is 7.92. The normalized spacial score (nSPS) is 12.2. The number of hydrogen-bond donors (Lipinski definition) is 1. The molecular formula is C20H14F3N3O2S. The molecule has 0 fully saturated rings. The smallest absolute Gasteiger partial charge is 0.315 e. The Morgan fingerprint density at radius 1 is 0.966 bits per heavy atom. The van der Waals surface area contributed by atoms with Gasteiger partial charge in [-0.05, 0) is 60.7 Å². The van der Waals surface area contributed by atoms with Crippen LogP contribution in [0.25, 0.3) is 16.6 Å². The van der Waals surface area contributed by atoms with Crippen LogP contribution in [-0.2, 0) is 16.2 Å². The molecule has 0 spiro atoms. The molecule has 2 aromatic carbocycles. The third-order valence-electron chi connectivity index (χ3n) is 4.36. The van der Waals surface area contributed by atoms with Crippen molar-refractivity contribution in [1.29, 1.82) is 0 Å². The van der Waals surface area contributed by atoms with Gasteiger partial charge in [0.2, 0.25) is 0 Å². The maximum atomic E-state index is 12.7. The molecule has 0 atom stereocenters. The second-order valence-electron chi connectivity index (χ2n) is 6.30. The van der Waals surface area contributed by atoms with Crippen LogP contribution in [-0.4, -0.2) is 18.0 Å². The molecule has 0 amide bonds. The third-order valence-corrected chi connectivity index (χ3v) is 5.76. The van der Waals surface area contributed by atoms with Crippen molar-refractivity contribution in [2.75, 3.05) is 4.72 Å². The molecule has 29 heavy (non-hydrogen) atoms. The average molecular weight is 417 g/mol. The number of rotatable bonds is 4. The second-order valence-corrected chi connectivity index (χ2v) is 7.98. The van der Waals surface area contributed by atoms with Crippen LogP contribution in [0.2, 0.25) is 0 Å². The molecule has 0 aliphatic heterocycles. The Kier molecular flexibility index (Phi) is 4.54. The Morgan fingerprint density at radius 2 is 1.72 bits per heavy atom. The molecule has 0 saturated heterocycles. The molecule has 2 aromatic heterocycles. The number of aromatic nitrogens is 2.